The maximum Gasteiger partial charge on any atom is 0.295 e. The summed E-state index contributed by atoms with van der Waals surface area (Å²) < 4.78 is 1.05. The SMILES string of the molecule is CC(=O)c1cccc(NC(=O)c2cccn(OCc3ccccc3C)c2=O)c1. The van der Waals surface area contributed by atoms with Crippen LogP contribution in [0, 0.1) is 6.92 Å². The van der Waals surface area contributed by atoms with Crippen LogP contribution in [0.2, 0.25) is 0 Å². The molecule has 0 spiro atoms. The van der Waals surface area contributed by atoms with Crippen molar-refractivity contribution in [1.29, 1.82) is 0 Å². The maximum absolute atomic E-state index is 12.6. The van der Waals surface area contributed by atoms with Gasteiger partial charge < -0.3 is 10.2 Å². The first-order chi connectivity index (χ1) is 13.5. The van der Waals surface area contributed by atoms with Crippen LogP contribution in [0.1, 0.15) is 38.8 Å². The van der Waals surface area contributed by atoms with Gasteiger partial charge in [0.05, 0.1) is 0 Å². The number of nitrogens with zero attached hydrogens (tertiary/aromatic N) is 1. The molecule has 6 nitrogen and oxygen atoms in total. The van der Waals surface area contributed by atoms with Gasteiger partial charge in [-0.1, -0.05) is 36.4 Å². The quantitative estimate of drug-likeness (QED) is 0.670. The zero-order valence-electron chi connectivity index (χ0n) is 15.6. The molecule has 0 saturated carbocycles. The molecule has 0 bridgehead atoms. The average Bonchev–Trinajstić information content (AvgIpc) is 2.68. The molecule has 0 atom stereocenters. The standard InChI is InChI=1S/C22H20N2O4/c1-15-7-3-4-8-18(15)14-28-24-12-6-11-20(22(24)27)21(26)23-19-10-5-9-17(13-19)16(2)25/h3-13H,14H2,1-2H3,(H,23,26). The van der Waals surface area contributed by atoms with E-state index >= 15 is 0 Å². The van der Waals surface area contributed by atoms with Crippen LogP contribution in [-0.2, 0) is 6.61 Å². The van der Waals surface area contributed by atoms with Crippen LogP contribution in [0.25, 0.3) is 0 Å². The minimum Gasteiger partial charge on any atom is -0.406 e. The summed E-state index contributed by atoms with van der Waals surface area (Å²) in [6.45, 7) is 3.61. The fourth-order valence-electron chi connectivity index (χ4n) is 2.68. The number of nitrogens with one attached hydrogen (secondary N) is 1. The second kappa shape index (κ2) is 8.35. The zero-order valence-corrected chi connectivity index (χ0v) is 15.6. The molecule has 3 aromatic rings. The molecule has 0 radical (unpaired) electrons. The first kappa shape index (κ1) is 19.1. The number of hydrogen-bond donors (Lipinski definition) is 1. The number of pyridine rings is 1. The molecule has 0 saturated heterocycles. The number of carbonyl (C=O) groups is 2. The van der Waals surface area contributed by atoms with Gasteiger partial charge in [0.2, 0.25) is 0 Å². The second-order valence-electron chi connectivity index (χ2n) is 6.34. The van der Waals surface area contributed by atoms with E-state index < -0.39 is 11.5 Å². The Balaban J connectivity index is 1.77. The van der Waals surface area contributed by atoms with Crippen LogP contribution in [0.15, 0.2) is 71.7 Å². The lowest BCUT2D eigenvalue weighted by Crippen LogP contribution is -2.32. The van der Waals surface area contributed by atoms with E-state index in [2.05, 4.69) is 5.32 Å². The number of carbonyl (C=O) groups excluding carboxylic acids is 2. The van der Waals surface area contributed by atoms with Crippen LogP contribution in [0.5, 0.6) is 0 Å². The molecule has 0 aliphatic carbocycles. The normalized spacial score (nSPS) is 10.4. The van der Waals surface area contributed by atoms with Gasteiger partial charge in [-0.05, 0) is 49.2 Å². The van der Waals surface area contributed by atoms with Crippen LogP contribution in [0.3, 0.4) is 0 Å². The van der Waals surface area contributed by atoms with Crippen molar-refractivity contribution in [2.45, 2.75) is 20.5 Å². The van der Waals surface area contributed by atoms with Gasteiger partial charge in [0.25, 0.3) is 11.5 Å². The van der Waals surface area contributed by atoms with E-state index in [9.17, 15) is 14.4 Å². The number of aryl methyl sites for hydroxylation is 1. The summed E-state index contributed by atoms with van der Waals surface area (Å²) in [6.07, 6.45) is 1.47. The largest absolute Gasteiger partial charge is 0.406 e. The Morgan fingerprint density at radius 1 is 1.04 bits per heavy atom. The molecule has 1 heterocycles. The molecule has 1 aromatic heterocycles. The monoisotopic (exact) mass is 376 g/mol. The van der Waals surface area contributed by atoms with Crippen molar-refractivity contribution < 1.29 is 14.4 Å². The van der Waals surface area contributed by atoms with E-state index in [0.29, 0.717) is 11.3 Å². The van der Waals surface area contributed by atoms with Crippen LogP contribution >= 0.6 is 0 Å². The van der Waals surface area contributed by atoms with Crippen LogP contribution in [0.4, 0.5) is 5.69 Å². The lowest BCUT2D eigenvalue weighted by molar-refractivity contribution is 0.0861. The lowest BCUT2D eigenvalue weighted by Gasteiger charge is -2.11. The number of anilines is 1. The molecule has 0 unspecified atom stereocenters. The van der Waals surface area contributed by atoms with E-state index in [4.69, 9.17) is 4.84 Å². The minimum atomic E-state index is -0.570. The van der Waals surface area contributed by atoms with E-state index in [0.717, 1.165) is 15.9 Å². The minimum absolute atomic E-state index is 0.0551. The van der Waals surface area contributed by atoms with Crippen molar-refractivity contribution in [3.8, 4) is 0 Å². The van der Waals surface area contributed by atoms with Crippen molar-refractivity contribution in [3.05, 3.63) is 99.5 Å². The third-order valence-electron chi connectivity index (χ3n) is 4.31. The summed E-state index contributed by atoms with van der Waals surface area (Å²) in [5.74, 6) is -0.678. The van der Waals surface area contributed by atoms with Gasteiger partial charge in [-0.25, -0.2) is 0 Å². The molecule has 0 aliphatic heterocycles. The maximum atomic E-state index is 12.6. The number of hydrogen-bond acceptors (Lipinski definition) is 4. The third kappa shape index (κ3) is 4.35. The number of Topliss-reactive ketones (excluding diaryl/α,β-unsaturated/α-hetero) is 1. The predicted octanol–water partition coefficient (Wildman–Crippen LogP) is 3.24. The highest BCUT2D eigenvalue weighted by molar-refractivity contribution is 6.04. The smallest absolute Gasteiger partial charge is 0.295 e. The van der Waals surface area contributed by atoms with E-state index in [-0.39, 0.29) is 18.0 Å². The van der Waals surface area contributed by atoms with Gasteiger partial charge >= 0.3 is 0 Å². The number of rotatable bonds is 6. The van der Waals surface area contributed by atoms with Crippen molar-refractivity contribution in [3.63, 3.8) is 0 Å². The van der Waals surface area contributed by atoms with Crippen molar-refractivity contribution >= 4 is 17.4 Å². The summed E-state index contributed by atoms with van der Waals surface area (Å²) in [5, 5.41) is 2.64. The van der Waals surface area contributed by atoms with Gasteiger partial charge in [0.15, 0.2) is 5.78 Å². The molecule has 1 amide bonds. The molecular weight excluding hydrogens is 356 g/mol. The van der Waals surface area contributed by atoms with Crippen LogP contribution < -0.4 is 15.7 Å². The second-order valence-corrected chi connectivity index (χ2v) is 6.34. The average molecular weight is 376 g/mol. The number of amides is 1. The lowest BCUT2D eigenvalue weighted by atomic mass is 10.1. The third-order valence-corrected chi connectivity index (χ3v) is 4.31. The molecule has 6 heteroatoms. The first-order valence-corrected chi connectivity index (χ1v) is 8.77. The Bertz CT molecular complexity index is 1090. The molecule has 0 fully saturated rings. The fourth-order valence-corrected chi connectivity index (χ4v) is 2.68. The zero-order chi connectivity index (χ0) is 20.1. The Labute approximate surface area is 162 Å². The highest BCUT2D eigenvalue weighted by atomic mass is 16.7. The highest BCUT2D eigenvalue weighted by Crippen LogP contribution is 2.12. The summed E-state index contributed by atoms with van der Waals surface area (Å²) in [7, 11) is 0. The molecule has 0 aliphatic rings. The first-order valence-electron chi connectivity index (χ1n) is 8.77. The predicted molar refractivity (Wildman–Crippen MR) is 107 cm³/mol. The summed E-state index contributed by atoms with van der Waals surface area (Å²) >= 11 is 0. The summed E-state index contributed by atoms with van der Waals surface area (Å²) in [4.78, 5) is 42.2. The molecule has 1 N–H and O–H groups in total. The van der Waals surface area contributed by atoms with Crippen LogP contribution in [-0.4, -0.2) is 16.4 Å². The highest BCUT2D eigenvalue weighted by Gasteiger charge is 2.14. The topological polar surface area (TPSA) is 77.4 Å². The summed E-state index contributed by atoms with van der Waals surface area (Å²) in [5.41, 5.74) is 2.30. The molecule has 2 aromatic carbocycles. The van der Waals surface area contributed by atoms with E-state index in [1.165, 1.54) is 19.2 Å². The Kier molecular flexibility index (Phi) is 5.69. The van der Waals surface area contributed by atoms with Gasteiger partial charge in [-0.3, -0.25) is 14.4 Å². The fraction of sp³-hybridized carbons (Fsp3) is 0.136. The van der Waals surface area contributed by atoms with Gasteiger partial charge in [-0.2, -0.15) is 4.73 Å². The van der Waals surface area contributed by atoms with Gasteiger partial charge in [0, 0.05) is 17.4 Å². The van der Waals surface area contributed by atoms with Crippen molar-refractivity contribution in [2.75, 3.05) is 5.32 Å². The summed E-state index contributed by atoms with van der Waals surface area (Å²) in [6, 6.07) is 17.2. The Morgan fingerprint density at radius 3 is 2.57 bits per heavy atom. The molecule has 142 valence electrons. The Hall–Kier alpha value is -3.67. The number of benzene rings is 2. The van der Waals surface area contributed by atoms with Gasteiger partial charge in [0.1, 0.15) is 12.2 Å². The number of ketones is 1. The molecular formula is C22H20N2O4. The number of aromatic nitrogens is 1. The van der Waals surface area contributed by atoms with E-state index in [1.807, 2.05) is 31.2 Å². The Morgan fingerprint density at radius 2 is 1.82 bits per heavy atom. The molecule has 28 heavy (non-hydrogen) atoms. The van der Waals surface area contributed by atoms with Crippen molar-refractivity contribution in [1.82, 2.24) is 4.73 Å². The van der Waals surface area contributed by atoms with Crippen molar-refractivity contribution in [2.24, 2.45) is 0 Å². The van der Waals surface area contributed by atoms with Gasteiger partial charge in [-0.15, -0.1) is 0 Å². The van der Waals surface area contributed by atoms with E-state index in [1.54, 1.807) is 30.3 Å². The molecule has 3 rings (SSSR count).